The standard InChI is InChI=1S/C36H72N2O4/c1-8-11-14-17-21-26-35(39)41-32-25-20-19-24-29-37(4,5)31-28-34(33-38(6,7)30-23-16-13-10-3)42-36(40)27-22-18-15-12-9-2/h28H,8-27,29-33H2,1-7H3/q+2/b34-28+. The molecular weight excluding hydrogens is 524 g/mol. The third-order valence-corrected chi connectivity index (χ3v) is 8.15. The summed E-state index contributed by atoms with van der Waals surface area (Å²) in [6.07, 6.45) is 24.0. The predicted octanol–water partition coefficient (Wildman–Crippen LogP) is 8.97. The molecular formula is C36H72N2O4+2. The van der Waals surface area contributed by atoms with Gasteiger partial charge in [0, 0.05) is 18.9 Å². The van der Waals surface area contributed by atoms with E-state index in [4.69, 9.17) is 9.47 Å². The van der Waals surface area contributed by atoms with E-state index in [2.05, 4.69) is 55.0 Å². The highest BCUT2D eigenvalue weighted by Gasteiger charge is 2.22. The smallest absolute Gasteiger partial charge is 0.311 e. The highest BCUT2D eigenvalue weighted by Crippen LogP contribution is 2.15. The van der Waals surface area contributed by atoms with Crippen LogP contribution in [-0.2, 0) is 19.1 Å². The van der Waals surface area contributed by atoms with Gasteiger partial charge in [0.25, 0.3) is 0 Å². The first-order valence-electron chi connectivity index (χ1n) is 17.7. The molecule has 248 valence electrons. The first-order valence-corrected chi connectivity index (χ1v) is 17.7. The number of quaternary nitrogens is 2. The molecule has 0 fully saturated rings. The minimum Gasteiger partial charge on any atom is -0.466 e. The maximum absolute atomic E-state index is 12.7. The Bertz CT molecular complexity index is 703. The van der Waals surface area contributed by atoms with Crippen molar-refractivity contribution in [3.8, 4) is 0 Å². The minimum atomic E-state index is -0.0776. The number of hydrogen-bond donors (Lipinski definition) is 0. The van der Waals surface area contributed by atoms with Crippen molar-refractivity contribution in [2.75, 3.05) is 61.0 Å². The lowest BCUT2D eigenvalue weighted by Crippen LogP contribution is -2.44. The number of rotatable bonds is 29. The summed E-state index contributed by atoms with van der Waals surface area (Å²) in [5, 5.41) is 0. The molecule has 0 aliphatic heterocycles. The van der Waals surface area contributed by atoms with Gasteiger partial charge < -0.3 is 18.4 Å². The molecule has 0 aromatic heterocycles. The molecule has 0 spiro atoms. The van der Waals surface area contributed by atoms with Crippen molar-refractivity contribution in [1.82, 2.24) is 0 Å². The molecule has 0 aliphatic carbocycles. The van der Waals surface area contributed by atoms with E-state index in [0.717, 1.165) is 92.3 Å². The molecule has 0 N–H and O–H groups in total. The number of ether oxygens (including phenoxy) is 2. The highest BCUT2D eigenvalue weighted by atomic mass is 16.5. The quantitative estimate of drug-likeness (QED) is 0.0374. The van der Waals surface area contributed by atoms with Crippen molar-refractivity contribution in [3.63, 3.8) is 0 Å². The van der Waals surface area contributed by atoms with Crippen LogP contribution in [0.4, 0.5) is 0 Å². The van der Waals surface area contributed by atoms with Gasteiger partial charge in [-0.25, -0.2) is 0 Å². The average molecular weight is 597 g/mol. The van der Waals surface area contributed by atoms with Crippen LogP contribution in [0.1, 0.15) is 149 Å². The Kier molecular flexibility index (Phi) is 25.2. The Balaban J connectivity index is 4.62. The maximum atomic E-state index is 12.7. The van der Waals surface area contributed by atoms with Crippen molar-refractivity contribution in [1.29, 1.82) is 0 Å². The van der Waals surface area contributed by atoms with Gasteiger partial charge in [-0.3, -0.25) is 9.59 Å². The lowest BCUT2D eigenvalue weighted by atomic mass is 10.1. The number of hydrogen-bond acceptors (Lipinski definition) is 4. The second-order valence-electron chi connectivity index (χ2n) is 13.8. The topological polar surface area (TPSA) is 52.6 Å². The van der Waals surface area contributed by atoms with Crippen LogP contribution in [-0.4, -0.2) is 81.9 Å². The van der Waals surface area contributed by atoms with Crippen LogP contribution in [0.2, 0.25) is 0 Å². The average Bonchev–Trinajstić information content (AvgIpc) is 2.93. The van der Waals surface area contributed by atoms with Gasteiger partial charge in [-0.2, -0.15) is 0 Å². The molecule has 0 bridgehead atoms. The Hall–Kier alpha value is -1.40. The summed E-state index contributed by atoms with van der Waals surface area (Å²) >= 11 is 0. The van der Waals surface area contributed by atoms with Crippen LogP contribution >= 0.6 is 0 Å². The van der Waals surface area contributed by atoms with Crippen LogP contribution in [0.3, 0.4) is 0 Å². The summed E-state index contributed by atoms with van der Waals surface area (Å²) in [4.78, 5) is 24.6. The summed E-state index contributed by atoms with van der Waals surface area (Å²) in [5.41, 5.74) is 0. The zero-order valence-electron chi connectivity index (χ0n) is 29.3. The molecule has 6 heteroatoms. The van der Waals surface area contributed by atoms with E-state index < -0.39 is 0 Å². The van der Waals surface area contributed by atoms with Gasteiger partial charge >= 0.3 is 11.9 Å². The number of carbonyl (C=O) groups is 2. The van der Waals surface area contributed by atoms with Crippen LogP contribution in [0.25, 0.3) is 0 Å². The fourth-order valence-corrected chi connectivity index (χ4v) is 5.24. The Morgan fingerprint density at radius 1 is 0.548 bits per heavy atom. The summed E-state index contributed by atoms with van der Waals surface area (Å²) in [6.45, 7) is 11.0. The maximum Gasteiger partial charge on any atom is 0.311 e. The number of nitrogens with zero attached hydrogens (tertiary/aromatic N) is 2. The predicted molar refractivity (Wildman–Crippen MR) is 178 cm³/mol. The van der Waals surface area contributed by atoms with E-state index in [9.17, 15) is 9.59 Å². The number of carbonyl (C=O) groups excluding carboxylic acids is 2. The first kappa shape index (κ1) is 40.6. The number of likely N-dealkylation sites (N-methyl/N-ethyl adjacent to an activating group) is 2. The highest BCUT2D eigenvalue weighted by molar-refractivity contribution is 5.70. The third kappa shape index (κ3) is 26.2. The molecule has 0 aromatic rings. The van der Waals surface area contributed by atoms with E-state index in [1.165, 1.54) is 64.2 Å². The molecule has 0 atom stereocenters. The van der Waals surface area contributed by atoms with Crippen LogP contribution in [0.15, 0.2) is 11.8 Å². The van der Waals surface area contributed by atoms with Crippen molar-refractivity contribution in [3.05, 3.63) is 11.8 Å². The third-order valence-electron chi connectivity index (χ3n) is 8.15. The second-order valence-corrected chi connectivity index (χ2v) is 13.8. The summed E-state index contributed by atoms with van der Waals surface area (Å²) in [5.74, 6) is 0.727. The molecule has 0 amide bonds. The van der Waals surface area contributed by atoms with E-state index in [1.807, 2.05) is 0 Å². The van der Waals surface area contributed by atoms with Gasteiger partial charge in [-0.1, -0.05) is 85.0 Å². The van der Waals surface area contributed by atoms with E-state index in [-0.39, 0.29) is 11.9 Å². The van der Waals surface area contributed by atoms with E-state index in [1.54, 1.807) is 0 Å². The van der Waals surface area contributed by atoms with Crippen LogP contribution < -0.4 is 0 Å². The zero-order valence-corrected chi connectivity index (χ0v) is 29.3. The van der Waals surface area contributed by atoms with Crippen LogP contribution in [0.5, 0.6) is 0 Å². The molecule has 0 unspecified atom stereocenters. The first-order chi connectivity index (χ1) is 20.0. The Labute approximate surface area is 261 Å². The monoisotopic (exact) mass is 597 g/mol. The largest absolute Gasteiger partial charge is 0.466 e. The van der Waals surface area contributed by atoms with E-state index in [0.29, 0.717) is 19.4 Å². The molecule has 0 aliphatic rings. The van der Waals surface area contributed by atoms with Crippen molar-refractivity contribution >= 4 is 11.9 Å². The molecule has 0 heterocycles. The van der Waals surface area contributed by atoms with Crippen molar-refractivity contribution in [2.45, 2.75) is 149 Å². The van der Waals surface area contributed by atoms with Crippen molar-refractivity contribution in [2.24, 2.45) is 0 Å². The lowest BCUT2D eigenvalue weighted by molar-refractivity contribution is -0.888. The van der Waals surface area contributed by atoms with E-state index >= 15 is 0 Å². The second kappa shape index (κ2) is 26.0. The fraction of sp³-hybridized carbons (Fsp3) is 0.889. The molecule has 6 nitrogen and oxygen atoms in total. The number of unbranched alkanes of at least 4 members (excludes halogenated alkanes) is 14. The fourth-order valence-electron chi connectivity index (χ4n) is 5.24. The van der Waals surface area contributed by atoms with Gasteiger partial charge in [0.05, 0.1) is 47.9 Å². The SMILES string of the molecule is CCCCCCCC(=O)OCCCCCC[N+](C)(C)C/C=C(\C[N+](C)(C)CCCCCC)OC(=O)CCCCCCC. The molecule has 42 heavy (non-hydrogen) atoms. The molecule has 0 saturated carbocycles. The molecule has 0 radical (unpaired) electrons. The molecule has 0 aromatic carbocycles. The Morgan fingerprint density at radius 3 is 1.57 bits per heavy atom. The summed E-state index contributed by atoms with van der Waals surface area (Å²) < 4.78 is 13.1. The van der Waals surface area contributed by atoms with Gasteiger partial charge in [0.2, 0.25) is 0 Å². The van der Waals surface area contributed by atoms with Crippen molar-refractivity contribution < 1.29 is 28.0 Å². The minimum absolute atomic E-state index is 0.0353. The summed E-state index contributed by atoms with van der Waals surface area (Å²) in [6, 6.07) is 0. The molecule has 0 rings (SSSR count). The Morgan fingerprint density at radius 2 is 1.00 bits per heavy atom. The van der Waals surface area contributed by atoms with Crippen LogP contribution in [0, 0.1) is 0 Å². The number of esters is 2. The lowest BCUT2D eigenvalue weighted by Gasteiger charge is -2.32. The van der Waals surface area contributed by atoms with Gasteiger partial charge in [0.1, 0.15) is 13.1 Å². The zero-order chi connectivity index (χ0) is 31.5. The summed E-state index contributed by atoms with van der Waals surface area (Å²) in [7, 11) is 9.03. The molecule has 0 saturated heterocycles. The normalized spacial score (nSPS) is 12.5. The van der Waals surface area contributed by atoms with Gasteiger partial charge in [0.15, 0.2) is 5.76 Å². The van der Waals surface area contributed by atoms with Gasteiger partial charge in [-0.15, -0.1) is 0 Å². The van der Waals surface area contributed by atoms with Gasteiger partial charge in [-0.05, 0) is 51.4 Å².